The Morgan fingerprint density at radius 2 is 2.22 bits per heavy atom. The molecule has 1 heterocycles. The van der Waals surface area contributed by atoms with E-state index in [9.17, 15) is 4.79 Å². The summed E-state index contributed by atoms with van der Waals surface area (Å²) in [5.74, 6) is 0.481. The fourth-order valence-electron chi connectivity index (χ4n) is 2.86. The van der Waals surface area contributed by atoms with E-state index in [2.05, 4.69) is 17.6 Å². The fraction of sp³-hybridized carbons (Fsp3) is 0.500. The van der Waals surface area contributed by atoms with Gasteiger partial charge in [-0.15, -0.1) is 0 Å². The van der Waals surface area contributed by atoms with Crippen LogP contribution in [0.25, 0.3) is 0 Å². The number of hydrogen-bond donors (Lipinski definition) is 3. The van der Waals surface area contributed by atoms with E-state index in [1.807, 2.05) is 30.3 Å². The van der Waals surface area contributed by atoms with E-state index < -0.39 is 6.09 Å². The molecule has 3 N–H and O–H groups in total. The van der Waals surface area contributed by atoms with Gasteiger partial charge in [0.25, 0.3) is 0 Å². The van der Waals surface area contributed by atoms with Crippen molar-refractivity contribution in [3.8, 4) is 0 Å². The standard InChI is InChI=1S/C14H20N2O2/c1-11-7-14(10-15-9-11,16-13(17)18)8-12-5-3-2-4-6-12/h2-6,11,15-16H,7-10H2,1H3,(H,17,18)/t11-,14+/m0/s1. The van der Waals surface area contributed by atoms with Gasteiger partial charge in [-0.25, -0.2) is 4.79 Å². The van der Waals surface area contributed by atoms with Gasteiger partial charge in [0.2, 0.25) is 0 Å². The third kappa shape index (κ3) is 3.23. The van der Waals surface area contributed by atoms with Crippen LogP contribution in [-0.2, 0) is 6.42 Å². The Balaban J connectivity index is 2.16. The predicted molar refractivity (Wildman–Crippen MR) is 70.7 cm³/mol. The van der Waals surface area contributed by atoms with E-state index in [4.69, 9.17) is 5.11 Å². The summed E-state index contributed by atoms with van der Waals surface area (Å²) in [7, 11) is 0. The Bertz CT molecular complexity index is 408. The van der Waals surface area contributed by atoms with E-state index in [0.717, 1.165) is 19.4 Å². The molecule has 1 aromatic carbocycles. The molecule has 1 aliphatic heterocycles. The molecule has 1 aliphatic rings. The maximum atomic E-state index is 11.0. The molecule has 18 heavy (non-hydrogen) atoms. The third-order valence-electron chi connectivity index (χ3n) is 3.45. The zero-order chi connectivity index (χ0) is 13.0. The smallest absolute Gasteiger partial charge is 0.405 e. The van der Waals surface area contributed by atoms with Crippen LogP contribution in [0.2, 0.25) is 0 Å². The van der Waals surface area contributed by atoms with Crippen molar-refractivity contribution in [1.29, 1.82) is 0 Å². The summed E-state index contributed by atoms with van der Waals surface area (Å²) in [6.45, 7) is 3.80. The van der Waals surface area contributed by atoms with Crippen LogP contribution in [0.15, 0.2) is 30.3 Å². The van der Waals surface area contributed by atoms with Gasteiger partial charge in [-0.2, -0.15) is 0 Å². The van der Waals surface area contributed by atoms with E-state index in [1.54, 1.807) is 0 Å². The van der Waals surface area contributed by atoms with Crippen LogP contribution in [0, 0.1) is 5.92 Å². The second-order valence-corrected chi connectivity index (χ2v) is 5.31. The molecule has 1 aromatic rings. The van der Waals surface area contributed by atoms with Gasteiger partial charge in [0.05, 0.1) is 5.54 Å². The average Bonchev–Trinajstić information content (AvgIpc) is 2.28. The van der Waals surface area contributed by atoms with Crippen LogP contribution < -0.4 is 10.6 Å². The van der Waals surface area contributed by atoms with Crippen LogP contribution >= 0.6 is 0 Å². The first-order valence-electron chi connectivity index (χ1n) is 6.35. The SMILES string of the molecule is C[C@@H]1CNC[C@@](Cc2ccccc2)(NC(=O)O)C1. The Labute approximate surface area is 107 Å². The lowest BCUT2D eigenvalue weighted by Gasteiger charge is -2.40. The molecule has 0 saturated carbocycles. The van der Waals surface area contributed by atoms with Crippen LogP contribution in [0.1, 0.15) is 18.9 Å². The fourth-order valence-corrected chi connectivity index (χ4v) is 2.86. The first-order valence-corrected chi connectivity index (χ1v) is 6.35. The Hall–Kier alpha value is -1.55. The number of piperidine rings is 1. The van der Waals surface area contributed by atoms with Crippen molar-refractivity contribution in [2.45, 2.75) is 25.3 Å². The zero-order valence-corrected chi connectivity index (χ0v) is 10.6. The largest absolute Gasteiger partial charge is 0.465 e. The molecule has 1 amide bonds. The third-order valence-corrected chi connectivity index (χ3v) is 3.45. The molecule has 0 bridgehead atoms. The van der Waals surface area contributed by atoms with Crippen LogP contribution in [0.3, 0.4) is 0 Å². The summed E-state index contributed by atoms with van der Waals surface area (Å²) in [5, 5.41) is 15.1. The topological polar surface area (TPSA) is 61.4 Å². The summed E-state index contributed by atoms with van der Waals surface area (Å²) >= 11 is 0. The van der Waals surface area contributed by atoms with Gasteiger partial charge in [0.15, 0.2) is 0 Å². The lowest BCUT2D eigenvalue weighted by Crippen LogP contribution is -2.60. The van der Waals surface area contributed by atoms with Crippen molar-refractivity contribution in [1.82, 2.24) is 10.6 Å². The van der Waals surface area contributed by atoms with Gasteiger partial charge >= 0.3 is 6.09 Å². The van der Waals surface area contributed by atoms with Gasteiger partial charge in [-0.3, -0.25) is 0 Å². The highest BCUT2D eigenvalue weighted by atomic mass is 16.4. The Morgan fingerprint density at radius 1 is 1.50 bits per heavy atom. The number of nitrogens with one attached hydrogen (secondary N) is 2. The minimum atomic E-state index is -0.943. The lowest BCUT2D eigenvalue weighted by atomic mass is 9.80. The van der Waals surface area contributed by atoms with E-state index in [1.165, 1.54) is 5.56 Å². The van der Waals surface area contributed by atoms with Gasteiger partial charge in [0.1, 0.15) is 0 Å². The molecule has 0 unspecified atom stereocenters. The molecule has 0 radical (unpaired) electrons. The minimum Gasteiger partial charge on any atom is -0.465 e. The van der Waals surface area contributed by atoms with Gasteiger partial charge in [-0.1, -0.05) is 37.3 Å². The summed E-state index contributed by atoms with van der Waals surface area (Å²) in [6, 6.07) is 10.0. The molecular formula is C14H20N2O2. The number of benzene rings is 1. The van der Waals surface area contributed by atoms with Crippen LogP contribution in [0.5, 0.6) is 0 Å². The molecule has 4 heteroatoms. The second-order valence-electron chi connectivity index (χ2n) is 5.31. The number of hydrogen-bond acceptors (Lipinski definition) is 2. The highest BCUT2D eigenvalue weighted by Crippen LogP contribution is 2.25. The van der Waals surface area contributed by atoms with E-state index in [-0.39, 0.29) is 5.54 Å². The molecule has 0 aliphatic carbocycles. The van der Waals surface area contributed by atoms with E-state index in [0.29, 0.717) is 12.5 Å². The van der Waals surface area contributed by atoms with Crippen molar-refractivity contribution < 1.29 is 9.90 Å². The first kappa shape index (κ1) is 12.9. The number of carboxylic acid groups (broad SMARTS) is 1. The molecule has 0 aromatic heterocycles. The molecule has 0 spiro atoms. The zero-order valence-electron chi connectivity index (χ0n) is 10.6. The summed E-state index contributed by atoms with van der Waals surface area (Å²) in [4.78, 5) is 11.0. The van der Waals surface area contributed by atoms with Crippen molar-refractivity contribution in [3.63, 3.8) is 0 Å². The monoisotopic (exact) mass is 248 g/mol. The van der Waals surface area contributed by atoms with Gasteiger partial charge < -0.3 is 15.7 Å². The van der Waals surface area contributed by atoms with Crippen molar-refractivity contribution >= 4 is 6.09 Å². The Morgan fingerprint density at radius 3 is 2.83 bits per heavy atom. The molecule has 1 fully saturated rings. The molecule has 4 nitrogen and oxygen atoms in total. The molecule has 98 valence electrons. The maximum Gasteiger partial charge on any atom is 0.405 e. The summed E-state index contributed by atoms with van der Waals surface area (Å²) in [5.41, 5.74) is 0.785. The molecular weight excluding hydrogens is 228 g/mol. The van der Waals surface area contributed by atoms with Crippen molar-refractivity contribution in [2.24, 2.45) is 5.92 Å². The second kappa shape index (κ2) is 5.40. The average molecular weight is 248 g/mol. The van der Waals surface area contributed by atoms with Crippen LogP contribution in [-0.4, -0.2) is 29.8 Å². The summed E-state index contributed by atoms with van der Waals surface area (Å²) < 4.78 is 0. The van der Waals surface area contributed by atoms with Gasteiger partial charge in [0, 0.05) is 6.54 Å². The predicted octanol–water partition coefficient (Wildman–Crippen LogP) is 1.86. The number of carbonyl (C=O) groups is 1. The number of rotatable bonds is 3. The maximum absolute atomic E-state index is 11.0. The Kier molecular flexibility index (Phi) is 3.87. The van der Waals surface area contributed by atoms with Crippen molar-refractivity contribution in [3.05, 3.63) is 35.9 Å². The van der Waals surface area contributed by atoms with Crippen molar-refractivity contribution in [2.75, 3.05) is 13.1 Å². The highest BCUT2D eigenvalue weighted by Gasteiger charge is 2.36. The van der Waals surface area contributed by atoms with Gasteiger partial charge in [-0.05, 0) is 30.9 Å². The molecule has 2 rings (SSSR count). The number of amides is 1. The summed E-state index contributed by atoms with van der Waals surface area (Å²) in [6.07, 6.45) is 0.667. The quantitative estimate of drug-likeness (QED) is 0.765. The van der Waals surface area contributed by atoms with Crippen LogP contribution in [0.4, 0.5) is 4.79 Å². The highest BCUT2D eigenvalue weighted by molar-refractivity contribution is 5.65. The normalized spacial score (nSPS) is 27.7. The lowest BCUT2D eigenvalue weighted by molar-refractivity contribution is 0.155. The molecule has 2 atom stereocenters. The minimum absolute atomic E-state index is 0.384. The molecule has 1 saturated heterocycles. The first-order chi connectivity index (χ1) is 8.60. The van der Waals surface area contributed by atoms with E-state index >= 15 is 0 Å².